The van der Waals surface area contributed by atoms with E-state index in [0.29, 0.717) is 0 Å². The summed E-state index contributed by atoms with van der Waals surface area (Å²) in [6.07, 6.45) is -5.22. The molecule has 0 saturated heterocycles. The summed E-state index contributed by atoms with van der Waals surface area (Å²) in [7, 11) is 3.38. The lowest BCUT2D eigenvalue weighted by Gasteiger charge is -2.57. The zero-order valence-electron chi connectivity index (χ0n) is 18.6. The number of aliphatic carboxylic acids is 3. The summed E-state index contributed by atoms with van der Waals surface area (Å²) < 4.78 is 17.3. The van der Waals surface area contributed by atoms with Crippen LogP contribution < -0.4 is 0 Å². The Bertz CT molecular complexity index is 562. The minimum Gasteiger partial charge on any atom is -0.479 e. The standard InChI is InChI=1S/C19H35NO9/c1-10(15(21)22)27-13(4)19(20(8)9,14(5)28-11(2)16(23)24)18(6,7)29-12(3)17(25)26/h10-14H,1-9H3,(H,21,22)(H,23,24)(H,25,26). The summed E-state index contributed by atoms with van der Waals surface area (Å²) in [6, 6.07) is 0. The Morgan fingerprint density at radius 2 is 1.03 bits per heavy atom. The predicted octanol–water partition coefficient (Wildman–Crippen LogP) is 1.31. The normalized spacial score (nSPS) is 19.7. The molecule has 0 aliphatic carbocycles. The molecule has 0 spiro atoms. The second kappa shape index (κ2) is 10.3. The first-order valence-electron chi connectivity index (χ1n) is 9.36. The number of carboxylic acids is 3. The summed E-state index contributed by atoms with van der Waals surface area (Å²) in [5.41, 5.74) is -2.52. The minimum absolute atomic E-state index is 0.851. The fraction of sp³-hybridized carbons (Fsp3) is 0.842. The van der Waals surface area contributed by atoms with Crippen molar-refractivity contribution in [2.45, 2.75) is 90.1 Å². The molecule has 0 aromatic rings. The molecule has 0 fully saturated rings. The highest BCUT2D eigenvalue weighted by Gasteiger charge is 2.58. The molecule has 0 amide bonds. The van der Waals surface area contributed by atoms with Crippen LogP contribution in [-0.2, 0) is 28.6 Å². The quantitative estimate of drug-likeness (QED) is 0.398. The molecule has 0 heterocycles. The Kier molecular flexibility index (Phi) is 9.71. The highest BCUT2D eigenvalue weighted by Crippen LogP contribution is 2.41. The number of nitrogens with zero attached hydrogens (tertiary/aromatic N) is 1. The van der Waals surface area contributed by atoms with Crippen LogP contribution in [0.4, 0.5) is 0 Å². The van der Waals surface area contributed by atoms with Gasteiger partial charge in [0, 0.05) is 0 Å². The fourth-order valence-corrected chi connectivity index (χ4v) is 4.10. The van der Waals surface area contributed by atoms with E-state index in [2.05, 4.69) is 0 Å². The first-order valence-corrected chi connectivity index (χ1v) is 9.36. The van der Waals surface area contributed by atoms with Crippen LogP contribution in [0.3, 0.4) is 0 Å². The van der Waals surface area contributed by atoms with Gasteiger partial charge in [0.1, 0.15) is 5.54 Å². The third kappa shape index (κ3) is 6.11. The van der Waals surface area contributed by atoms with Crippen LogP contribution in [-0.4, -0.2) is 93.9 Å². The third-order valence-electron chi connectivity index (χ3n) is 5.28. The average molecular weight is 421 g/mol. The predicted molar refractivity (Wildman–Crippen MR) is 104 cm³/mol. The van der Waals surface area contributed by atoms with Gasteiger partial charge in [0.2, 0.25) is 0 Å². The summed E-state index contributed by atoms with van der Waals surface area (Å²) in [4.78, 5) is 35.7. The molecule has 5 unspecified atom stereocenters. The SMILES string of the molecule is CC(OC(C)C(C(C)OC(C)C(=O)O)(N(C)C)C(C)(C)OC(C)C(=O)O)C(=O)O. The number of rotatable bonds is 13. The van der Waals surface area contributed by atoms with E-state index in [1.807, 2.05) is 0 Å². The molecule has 0 aliphatic heterocycles. The Morgan fingerprint density at radius 1 is 0.724 bits per heavy atom. The van der Waals surface area contributed by atoms with Gasteiger partial charge >= 0.3 is 17.9 Å². The highest BCUT2D eigenvalue weighted by atomic mass is 16.6. The molecule has 3 N–H and O–H groups in total. The zero-order chi connectivity index (χ0) is 23.3. The molecule has 10 nitrogen and oxygen atoms in total. The monoisotopic (exact) mass is 421 g/mol. The zero-order valence-corrected chi connectivity index (χ0v) is 18.6. The van der Waals surface area contributed by atoms with Crippen molar-refractivity contribution < 1.29 is 43.9 Å². The van der Waals surface area contributed by atoms with Crippen LogP contribution in [0.25, 0.3) is 0 Å². The topological polar surface area (TPSA) is 143 Å². The van der Waals surface area contributed by atoms with E-state index in [4.69, 9.17) is 14.2 Å². The van der Waals surface area contributed by atoms with Crippen LogP contribution in [0.5, 0.6) is 0 Å². The number of likely N-dealkylation sites (N-methyl/N-ethyl adjacent to an activating group) is 1. The largest absolute Gasteiger partial charge is 0.479 e. The van der Waals surface area contributed by atoms with Gasteiger partial charge in [0.05, 0.1) is 17.8 Å². The molecular weight excluding hydrogens is 386 g/mol. The van der Waals surface area contributed by atoms with Crippen molar-refractivity contribution >= 4 is 17.9 Å². The molecular formula is C19H35NO9. The van der Waals surface area contributed by atoms with Gasteiger partial charge in [-0.15, -0.1) is 0 Å². The highest BCUT2D eigenvalue weighted by molar-refractivity contribution is 5.72. The Labute approximate surface area is 171 Å². The molecule has 0 rings (SSSR count). The summed E-state index contributed by atoms with van der Waals surface area (Å²) in [6.45, 7) is 10.7. The van der Waals surface area contributed by atoms with Crippen LogP contribution in [0.1, 0.15) is 48.5 Å². The van der Waals surface area contributed by atoms with Crippen LogP contribution >= 0.6 is 0 Å². The van der Waals surface area contributed by atoms with Gasteiger partial charge in [-0.3, -0.25) is 4.90 Å². The number of carbonyl (C=O) groups is 3. The van der Waals surface area contributed by atoms with E-state index in [1.165, 1.54) is 20.8 Å². The van der Waals surface area contributed by atoms with Crippen LogP contribution in [0, 0.1) is 0 Å². The second-order valence-electron chi connectivity index (χ2n) is 7.85. The number of hydrogen-bond donors (Lipinski definition) is 3. The molecule has 0 aromatic heterocycles. The fourth-order valence-electron chi connectivity index (χ4n) is 4.10. The van der Waals surface area contributed by atoms with E-state index in [-0.39, 0.29) is 0 Å². The molecule has 0 aliphatic rings. The maximum absolute atomic E-state index is 11.4. The van der Waals surface area contributed by atoms with Crippen LogP contribution in [0.2, 0.25) is 0 Å². The maximum atomic E-state index is 11.4. The Hall–Kier alpha value is -1.75. The molecule has 0 saturated carbocycles. The van der Waals surface area contributed by atoms with Gasteiger partial charge in [-0.05, 0) is 62.6 Å². The van der Waals surface area contributed by atoms with E-state index >= 15 is 0 Å². The maximum Gasteiger partial charge on any atom is 0.332 e. The van der Waals surface area contributed by atoms with Crippen molar-refractivity contribution in [1.82, 2.24) is 4.90 Å². The van der Waals surface area contributed by atoms with E-state index in [1.54, 1.807) is 46.7 Å². The van der Waals surface area contributed by atoms with Crippen molar-refractivity contribution in [2.24, 2.45) is 0 Å². The van der Waals surface area contributed by atoms with Gasteiger partial charge in [-0.2, -0.15) is 0 Å². The van der Waals surface area contributed by atoms with Gasteiger partial charge in [-0.25, -0.2) is 14.4 Å². The third-order valence-corrected chi connectivity index (χ3v) is 5.28. The van der Waals surface area contributed by atoms with Crippen molar-refractivity contribution in [1.29, 1.82) is 0 Å². The van der Waals surface area contributed by atoms with Crippen molar-refractivity contribution in [3.05, 3.63) is 0 Å². The summed E-state index contributed by atoms with van der Waals surface area (Å²) in [5.74, 6) is -3.52. The molecule has 29 heavy (non-hydrogen) atoms. The molecule has 10 heteroatoms. The Balaban J connectivity index is 6.43. The summed E-state index contributed by atoms with van der Waals surface area (Å²) >= 11 is 0. The lowest BCUT2D eigenvalue weighted by molar-refractivity contribution is -0.245. The van der Waals surface area contributed by atoms with E-state index in [9.17, 15) is 29.7 Å². The average Bonchev–Trinajstić information content (AvgIpc) is 2.53. The first-order chi connectivity index (χ1) is 13.0. The smallest absolute Gasteiger partial charge is 0.332 e. The van der Waals surface area contributed by atoms with Gasteiger partial charge in [-0.1, -0.05) is 0 Å². The van der Waals surface area contributed by atoms with Crippen molar-refractivity contribution in [2.75, 3.05) is 14.1 Å². The number of ether oxygens (including phenoxy) is 3. The van der Waals surface area contributed by atoms with Gasteiger partial charge < -0.3 is 29.5 Å². The molecule has 0 aromatic carbocycles. The van der Waals surface area contributed by atoms with Crippen molar-refractivity contribution in [3.8, 4) is 0 Å². The first kappa shape index (κ1) is 27.2. The minimum atomic E-state index is -1.26. The second-order valence-corrected chi connectivity index (χ2v) is 7.85. The molecule has 5 atom stereocenters. The summed E-state index contributed by atoms with van der Waals surface area (Å²) in [5, 5.41) is 27.8. The van der Waals surface area contributed by atoms with Gasteiger partial charge in [0.25, 0.3) is 0 Å². The lowest BCUT2D eigenvalue weighted by atomic mass is 9.72. The van der Waals surface area contributed by atoms with Crippen molar-refractivity contribution in [3.63, 3.8) is 0 Å². The van der Waals surface area contributed by atoms with Crippen LogP contribution in [0.15, 0.2) is 0 Å². The molecule has 170 valence electrons. The number of carboxylic acid groups (broad SMARTS) is 3. The Morgan fingerprint density at radius 3 is 1.28 bits per heavy atom. The van der Waals surface area contributed by atoms with E-state index in [0.717, 1.165) is 0 Å². The van der Waals surface area contributed by atoms with Gasteiger partial charge in [0.15, 0.2) is 18.3 Å². The number of hydrogen-bond acceptors (Lipinski definition) is 7. The lowest BCUT2D eigenvalue weighted by Crippen LogP contribution is -2.73. The molecule has 0 bridgehead atoms. The molecule has 0 radical (unpaired) electrons. The van der Waals surface area contributed by atoms with E-state index < -0.39 is 59.6 Å².